The largest absolute Gasteiger partial charge is 0.378 e. The van der Waals surface area contributed by atoms with E-state index in [-0.39, 0.29) is 11.9 Å². The van der Waals surface area contributed by atoms with Crippen molar-refractivity contribution in [3.63, 3.8) is 0 Å². The van der Waals surface area contributed by atoms with Crippen LogP contribution in [0.25, 0.3) is 10.2 Å². The van der Waals surface area contributed by atoms with Crippen molar-refractivity contribution in [3.05, 3.63) is 53.5 Å². The highest BCUT2D eigenvalue weighted by Gasteiger charge is 2.20. The Kier molecular flexibility index (Phi) is 6.08. The number of morpholine rings is 1. The van der Waals surface area contributed by atoms with Gasteiger partial charge in [-0.1, -0.05) is 12.1 Å². The first-order valence-electron chi connectivity index (χ1n) is 9.88. The van der Waals surface area contributed by atoms with E-state index in [9.17, 15) is 4.79 Å². The quantitative estimate of drug-likeness (QED) is 0.673. The first kappa shape index (κ1) is 19.8. The Hall–Kier alpha value is -2.48. The van der Waals surface area contributed by atoms with Crippen molar-refractivity contribution in [2.75, 3.05) is 43.6 Å². The number of benzene rings is 2. The molecule has 152 valence electrons. The second-order valence-electron chi connectivity index (χ2n) is 7.30. The molecule has 2 heterocycles. The van der Waals surface area contributed by atoms with Crippen molar-refractivity contribution >= 4 is 38.8 Å². The smallest absolute Gasteiger partial charge is 0.241 e. The Bertz CT molecular complexity index is 933. The molecular formula is C22H26N4O2S. The molecule has 3 aromatic rings. The Morgan fingerprint density at radius 1 is 1.21 bits per heavy atom. The number of aromatic nitrogens is 1. The van der Waals surface area contributed by atoms with Gasteiger partial charge in [-0.2, -0.15) is 0 Å². The Labute approximate surface area is 175 Å². The number of ether oxygens (including phenoxy) is 1. The topological polar surface area (TPSA) is 57.7 Å². The normalized spacial score (nSPS) is 15.6. The minimum atomic E-state index is -0.263. The fourth-order valence-corrected chi connectivity index (χ4v) is 4.39. The lowest BCUT2D eigenvalue weighted by molar-refractivity contribution is -0.120. The van der Waals surface area contributed by atoms with Crippen LogP contribution in [0.2, 0.25) is 0 Å². The molecule has 2 aromatic carbocycles. The van der Waals surface area contributed by atoms with Gasteiger partial charge in [0.25, 0.3) is 0 Å². The van der Waals surface area contributed by atoms with E-state index >= 15 is 0 Å². The van der Waals surface area contributed by atoms with Gasteiger partial charge in [0.05, 0.1) is 36.0 Å². The summed E-state index contributed by atoms with van der Waals surface area (Å²) in [6.07, 6.45) is 0. The van der Waals surface area contributed by atoms with E-state index in [1.165, 1.54) is 4.70 Å². The lowest BCUT2D eigenvalue weighted by atomic mass is 10.2. The average Bonchev–Trinajstić information content (AvgIpc) is 3.16. The summed E-state index contributed by atoms with van der Waals surface area (Å²) in [5.41, 5.74) is 2.98. The Morgan fingerprint density at radius 3 is 2.66 bits per heavy atom. The molecule has 1 saturated heterocycles. The first-order valence-corrected chi connectivity index (χ1v) is 10.7. The number of hydrogen-bond acceptors (Lipinski definition) is 6. The number of thiazole rings is 1. The lowest BCUT2D eigenvalue weighted by Gasteiger charge is -2.29. The highest BCUT2D eigenvalue weighted by Crippen LogP contribution is 2.23. The number of likely N-dealkylation sites (N-methyl/N-ethyl adjacent to an activating group) is 1. The second-order valence-corrected chi connectivity index (χ2v) is 8.42. The molecule has 1 atom stereocenters. The van der Waals surface area contributed by atoms with Crippen molar-refractivity contribution in [3.8, 4) is 0 Å². The zero-order valence-corrected chi connectivity index (χ0v) is 17.6. The molecule has 0 unspecified atom stereocenters. The van der Waals surface area contributed by atoms with E-state index in [1.807, 2.05) is 49.2 Å². The summed E-state index contributed by atoms with van der Waals surface area (Å²) >= 11 is 1.68. The van der Waals surface area contributed by atoms with Gasteiger partial charge in [-0.25, -0.2) is 4.98 Å². The van der Waals surface area contributed by atoms with Gasteiger partial charge < -0.3 is 15.0 Å². The van der Waals surface area contributed by atoms with Gasteiger partial charge >= 0.3 is 0 Å². The van der Waals surface area contributed by atoms with Crippen LogP contribution in [0.4, 0.5) is 11.4 Å². The van der Waals surface area contributed by atoms with Crippen LogP contribution in [-0.2, 0) is 16.1 Å². The molecule has 1 aliphatic heterocycles. The summed E-state index contributed by atoms with van der Waals surface area (Å²) in [5, 5.41) is 4.04. The molecule has 0 radical (unpaired) electrons. The van der Waals surface area contributed by atoms with Crippen molar-refractivity contribution in [2.45, 2.75) is 19.5 Å². The van der Waals surface area contributed by atoms with E-state index in [2.05, 4.69) is 33.4 Å². The molecule has 0 spiro atoms. The number of carbonyl (C=O) groups is 1. The fraction of sp³-hybridized carbons (Fsp3) is 0.364. The van der Waals surface area contributed by atoms with Crippen LogP contribution in [0.5, 0.6) is 0 Å². The average molecular weight is 411 g/mol. The fourth-order valence-electron chi connectivity index (χ4n) is 3.36. The molecule has 4 rings (SSSR count). The number of nitrogens with one attached hydrogen (secondary N) is 1. The van der Waals surface area contributed by atoms with Crippen molar-refractivity contribution < 1.29 is 9.53 Å². The summed E-state index contributed by atoms with van der Waals surface area (Å²) < 4.78 is 6.57. The maximum Gasteiger partial charge on any atom is 0.241 e. The van der Waals surface area contributed by atoms with Crippen molar-refractivity contribution in [1.82, 2.24) is 9.88 Å². The van der Waals surface area contributed by atoms with Crippen LogP contribution in [0.1, 0.15) is 11.9 Å². The van der Waals surface area contributed by atoms with Gasteiger partial charge in [0.2, 0.25) is 5.91 Å². The predicted molar refractivity (Wildman–Crippen MR) is 119 cm³/mol. The molecule has 1 fully saturated rings. The highest BCUT2D eigenvalue weighted by atomic mass is 32.1. The maximum atomic E-state index is 12.7. The molecule has 1 amide bonds. The van der Waals surface area contributed by atoms with E-state index in [0.29, 0.717) is 6.54 Å². The summed E-state index contributed by atoms with van der Waals surface area (Å²) in [6.45, 7) is 5.89. The van der Waals surface area contributed by atoms with Gasteiger partial charge in [0.1, 0.15) is 5.01 Å². The van der Waals surface area contributed by atoms with Gasteiger partial charge in [0.15, 0.2) is 0 Å². The third-order valence-corrected chi connectivity index (χ3v) is 6.30. The number of hydrogen-bond donors (Lipinski definition) is 1. The first-order chi connectivity index (χ1) is 14.1. The summed E-state index contributed by atoms with van der Waals surface area (Å²) in [7, 11) is 1.96. The number of rotatable bonds is 6. The standard InChI is InChI=1S/C22H26N4O2S/c1-16(25(2)15-21-24-19-5-3-4-6-20(19)29-21)22(27)23-17-7-9-18(10-8-17)26-11-13-28-14-12-26/h3-10,16H,11-15H2,1-2H3,(H,23,27)/t16-/m0/s1. The molecule has 6 nitrogen and oxygen atoms in total. The zero-order valence-electron chi connectivity index (χ0n) is 16.8. The molecule has 29 heavy (non-hydrogen) atoms. The van der Waals surface area contributed by atoms with Crippen molar-refractivity contribution in [1.29, 1.82) is 0 Å². The molecular weight excluding hydrogens is 384 g/mol. The van der Waals surface area contributed by atoms with Crippen LogP contribution in [0.15, 0.2) is 48.5 Å². The molecule has 1 aromatic heterocycles. The van der Waals surface area contributed by atoms with Crippen LogP contribution < -0.4 is 10.2 Å². The van der Waals surface area contributed by atoms with Crippen molar-refractivity contribution in [2.24, 2.45) is 0 Å². The minimum Gasteiger partial charge on any atom is -0.378 e. The van der Waals surface area contributed by atoms with Crippen LogP contribution >= 0.6 is 11.3 Å². The van der Waals surface area contributed by atoms with Crippen LogP contribution in [0.3, 0.4) is 0 Å². The SMILES string of the molecule is C[C@@H](C(=O)Nc1ccc(N2CCOCC2)cc1)N(C)Cc1nc2ccccc2s1. The number of fused-ring (bicyclic) bond motifs is 1. The van der Waals surface area contributed by atoms with E-state index < -0.39 is 0 Å². The number of carbonyl (C=O) groups excluding carboxylic acids is 1. The number of para-hydroxylation sites is 1. The van der Waals surface area contributed by atoms with Gasteiger partial charge in [0, 0.05) is 24.5 Å². The summed E-state index contributed by atoms with van der Waals surface area (Å²) in [6, 6.07) is 15.9. The third kappa shape index (κ3) is 4.75. The monoisotopic (exact) mass is 410 g/mol. The molecule has 7 heteroatoms. The zero-order chi connectivity index (χ0) is 20.2. The molecule has 1 aliphatic rings. The van der Waals surface area contributed by atoms with E-state index in [0.717, 1.165) is 48.2 Å². The molecule has 0 bridgehead atoms. The van der Waals surface area contributed by atoms with E-state index in [4.69, 9.17) is 4.74 Å². The molecule has 0 saturated carbocycles. The summed E-state index contributed by atoms with van der Waals surface area (Å²) in [4.78, 5) is 21.7. The summed E-state index contributed by atoms with van der Waals surface area (Å²) in [5.74, 6) is -0.0206. The minimum absolute atomic E-state index is 0.0206. The number of amides is 1. The predicted octanol–water partition coefficient (Wildman–Crippen LogP) is 3.59. The lowest BCUT2D eigenvalue weighted by Crippen LogP contribution is -2.39. The Balaban J connectivity index is 1.34. The molecule has 1 N–H and O–H groups in total. The van der Waals surface area contributed by atoms with Gasteiger partial charge in [-0.15, -0.1) is 11.3 Å². The van der Waals surface area contributed by atoms with E-state index in [1.54, 1.807) is 11.3 Å². The van der Waals surface area contributed by atoms with Gasteiger partial charge in [-0.05, 0) is 50.4 Å². The second kappa shape index (κ2) is 8.90. The van der Waals surface area contributed by atoms with Gasteiger partial charge in [-0.3, -0.25) is 9.69 Å². The third-order valence-electron chi connectivity index (χ3n) is 5.27. The Morgan fingerprint density at radius 2 is 1.93 bits per heavy atom. The van der Waals surface area contributed by atoms with Crippen LogP contribution in [0, 0.1) is 0 Å². The highest BCUT2D eigenvalue weighted by molar-refractivity contribution is 7.18. The number of nitrogens with zero attached hydrogens (tertiary/aromatic N) is 3. The van der Waals surface area contributed by atoms with Crippen LogP contribution in [-0.4, -0.2) is 55.2 Å². The maximum absolute atomic E-state index is 12.7. The molecule has 0 aliphatic carbocycles. The number of anilines is 2.